The highest BCUT2D eigenvalue weighted by Crippen LogP contribution is 2.42. The molecule has 1 aliphatic rings. The van der Waals surface area contributed by atoms with Crippen LogP contribution >= 0.6 is 0 Å². The molecule has 1 N–H and O–H groups in total. The lowest BCUT2D eigenvalue weighted by molar-refractivity contribution is 0.0567. The average molecular weight is 260 g/mol. The highest BCUT2D eigenvalue weighted by Gasteiger charge is 2.31. The number of hydrogen-bond donors (Lipinski definition) is 1. The third-order valence-electron chi connectivity index (χ3n) is 4.66. The molecule has 1 saturated carbocycles. The molecule has 0 saturated heterocycles. The van der Waals surface area contributed by atoms with Crippen LogP contribution in [0.25, 0.3) is 0 Å². The summed E-state index contributed by atoms with van der Waals surface area (Å²) in [6.45, 7) is 6.89. The molecular formula is C18H28O. The molecule has 1 atom stereocenters. The Morgan fingerprint density at radius 1 is 1.26 bits per heavy atom. The molecule has 0 aromatic heterocycles. The van der Waals surface area contributed by atoms with Gasteiger partial charge in [-0.05, 0) is 54.6 Å². The van der Waals surface area contributed by atoms with E-state index in [1.165, 1.54) is 18.4 Å². The van der Waals surface area contributed by atoms with Gasteiger partial charge in [-0.25, -0.2) is 0 Å². The maximum Gasteiger partial charge on any atom is 0.0818 e. The maximum absolute atomic E-state index is 10.6. The topological polar surface area (TPSA) is 20.2 Å². The fourth-order valence-electron chi connectivity index (χ4n) is 3.23. The summed E-state index contributed by atoms with van der Waals surface area (Å²) in [6.07, 6.45) is 6.80. The minimum atomic E-state index is -0.270. The number of benzene rings is 1. The Morgan fingerprint density at radius 3 is 2.58 bits per heavy atom. The van der Waals surface area contributed by atoms with Gasteiger partial charge in [0.1, 0.15) is 0 Å². The third kappa shape index (κ3) is 3.82. The van der Waals surface area contributed by atoms with Crippen molar-refractivity contribution in [2.24, 2.45) is 11.3 Å². The molecule has 1 fully saturated rings. The van der Waals surface area contributed by atoms with Crippen LogP contribution in [0, 0.1) is 11.3 Å². The first-order chi connectivity index (χ1) is 9.02. The number of aliphatic hydroxyl groups excluding tert-OH is 1. The van der Waals surface area contributed by atoms with E-state index in [4.69, 9.17) is 0 Å². The Kier molecular flexibility index (Phi) is 4.67. The number of hydrogen-bond acceptors (Lipinski definition) is 1. The van der Waals surface area contributed by atoms with Crippen LogP contribution in [0.2, 0.25) is 0 Å². The summed E-state index contributed by atoms with van der Waals surface area (Å²) in [5.41, 5.74) is 2.95. The van der Waals surface area contributed by atoms with Gasteiger partial charge in [-0.15, -0.1) is 0 Å². The first-order valence-electron chi connectivity index (χ1n) is 7.79. The molecule has 0 amide bonds. The Morgan fingerprint density at radius 2 is 1.95 bits per heavy atom. The Hall–Kier alpha value is -0.820. The molecule has 106 valence electrons. The van der Waals surface area contributed by atoms with E-state index < -0.39 is 0 Å². The van der Waals surface area contributed by atoms with E-state index in [0.717, 1.165) is 31.2 Å². The molecule has 2 rings (SSSR count). The summed E-state index contributed by atoms with van der Waals surface area (Å²) in [4.78, 5) is 0. The van der Waals surface area contributed by atoms with Crippen LogP contribution in [0.3, 0.4) is 0 Å². The van der Waals surface area contributed by atoms with E-state index in [1.807, 2.05) is 0 Å². The molecular weight excluding hydrogens is 232 g/mol. The zero-order valence-corrected chi connectivity index (χ0v) is 12.7. The van der Waals surface area contributed by atoms with E-state index in [0.29, 0.717) is 11.3 Å². The summed E-state index contributed by atoms with van der Waals surface area (Å²) in [5, 5.41) is 10.6. The van der Waals surface area contributed by atoms with Crippen LogP contribution in [-0.2, 0) is 6.42 Å². The molecule has 0 heterocycles. The van der Waals surface area contributed by atoms with Crippen molar-refractivity contribution in [1.82, 2.24) is 0 Å². The SMILES string of the molecule is CCCc1cccc(C(O)C2CCC(C)(C)CC2)c1. The molecule has 0 radical (unpaired) electrons. The lowest BCUT2D eigenvalue weighted by atomic mass is 9.71. The molecule has 1 heteroatoms. The van der Waals surface area contributed by atoms with Crippen molar-refractivity contribution in [3.63, 3.8) is 0 Å². The van der Waals surface area contributed by atoms with Gasteiger partial charge in [-0.3, -0.25) is 0 Å². The number of aryl methyl sites for hydroxylation is 1. The lowest BCUT2D eigenvalue weighted by Gasteiger charge is -2.36. The summed E-state index contributed by atoms with van der Waals surface area (Å²) >= 11 is 0. The molecule has 1 nitrogen and oxygen atoms in total. The molecule has 0 aliphatic heterocycles. The van der Waals surface area contributed by atoms with E-state index in [-0.39, 0.29) is 6.10 Å². The second-order valence-electron chi connectivity index (χ2n) is 6.94. The monoisotopic (exact) mass is 260 g/mol. The summed E-state index contributed by atoms with van der Waals surface area (Å²) in [5.74, 6) is 0.449. The van der Waals surface area contributed by atoms with Crippen molar-refractivity contribution in [3.8, 4) is 0 Å². The van der Waals surface area contributed by atoms with Crippen LogP contribution in [0.4, 0.5) is 0 Å². The Bertz CT molecular complexity index is 398. The normalized spacial score (nSPS) is 21.3. The molecule has 0 spiro atoms. The standard InChI is InChI=1S/C18H28O/c1-4-6-14-7-5-8-16(13-14)17(19)15-9-11-18(2,3)12-10-15/h5,7-8,13,15,17,19H,4,6,9-12H2,1-3H3. The molecule has 19 heavy (non-hydrogen) atoms. The fourth-order valence-corrected chi connectivity index (χ4v) is 3.23. The lowest BCUT2D eigenvalue weighted by Crippen LogP contribution is -2.25. The predicted molar refractivity (Wildman–Crippen MR) is 81.1 cm³/mol. The molecule has 1 unspecified atom stereocenters. The Balaban J connectivity index is 2.03. The van der Waals surface area contributed by atoms with E-state index >= 15 is 0 Å². The van der Waals surface area contributed by atoms with Crippen LogP contribution < -0.4 is 0 Å². The maximum atomic E-state index is 10.6. The smallest absolute Gasteiger partial charge is 0.0818 e. The Labute approximate surface area is 118 Å². The van der Waals surface area contributed by atoms with Crippen LogP contribution in [0.1, 0.15) is 70.1 Å². The van der Waals surface area contributed by atoms with Gasteiger partial charge < -0.3 is 5.11 Å². The highest BCUT2D eigenvalue weighted by atomic mass is 16.3. The highest BCUT2D eigenvalue weighted by molar-refractivity contribution is 5.25. The molecule has 0 bridgehead atoms. The van der Waals surface area contributed by atoms with Crippen LogP contribution in [-0.4, -0.2) is 5.11 Å². The van der Waals surface area contributed by atoms with Gasteiger partial charge in [0.2, 0.25) is 0 Å². The molecule has 1 aromatic carbocycles. The van der Waals surface area contributed by atoms with Crippen LogP contribution in [0.5, 0.6) is 0 Å². The van der Waals surface area contributed by atoms with Crippen molar-refractivity contribution in [2.45, 2.75) is 65.4 Å². The van der Waals surface area contributed by atoms with E-state index in [9.17, 15) is 5.11 Å². The van der Waals surface area contributed by atoms with Crippen molar-refractivity contribution in [3.05, 3.63) is 35.4 Å². The van der Waals surface area contributed by atoms with Gasteiger partial charge in [0.05, 0.1) is 6.10 Å². The second kappa shape index (κ2) is 6.09. The molecule has 1 aliphatic carbocycles. The number of aliphatic hydroxyl groups is 1. The summed E-state index contributed by atoms with van der Waals surface area (Å²) in [6, 6.07) is 8.55. The van der Waals surface area contributed by atoms with E-state index in [1.54, 1.807) is 0 Å². The quantitative estimate of drug-likeness (QED) is 0.817. The fraction of sp³-hybridized carbons (Fsp3) is 0.667. The molecule has 1 aromatic rings. The van der Waals surface area contributed by atoms with Crippen molar-refractivity contribution < 1.29 is 5.11 Å². The van der Waals surface area contributed by atoms with Gasteiger partial charge in [0.15, 0.2) is 0 Å². The van der Waals surface area contributed by atoms with Gasteiger partial charge in [-0.1, -0.05) is 51.5 Å². The third-order valence-corrected chi connectivity index (χ3v) is 4.66. The van der Waals surface area contributed by atoms with Gasteiger partial charge in [0, 0.05) is 0 Å². The minimum absolute atomic E-state index is 0.270. The van der Waals surface area contributed by atoms with Gasteiger partial charge >= 0.3 is 0 Å². The van der Waals surface area contributed by atoms with E-state index in [2.05, 4.69) is 45.0 Å². The number of rotatable bonds is 4. The zero-order chi connectivity index (χ0) is 13.9. The second-order valence-corrected chi connectivity index (χ2v) is 6.94. The van der Waals surface area contributed by atoms with Crippen molar-refractivity contribution >= 4 is 0 Å². The zero-order valence-electron chi connectivity index (χ0n) is 12.7. The first kappa shape index (κ1) is 14.6. The van der Waals surface area contributed by atoms with Gasteiger partial charge in [0.25, 0.3) is 0 Å². The summed E-state index contributed by atoms with van der Waals surface area (Å²) in [7, 11) is 0. The predicted octanol–water partition coefficient (Wildman–Crippen LogP) is 4.89. The summed E-state index contributed by atoms with van der Waals surface area (Å²) < 4.78 is 0. The van der Waals surface area contributed by atoms with Crippen molar-refractivity contribution in [1.29, 1.82) is 0 Å². The van der Waals surface area contributed by atoms with Crippen LogP contribution in [0.15, 0.2) is 24.3 Å². The first-order valence-corrected chi connectivity index (χ1v) is 7.79. The average Bonchev–Trinajstić information content (AvgIpc) is 2.39. The minimum Gasteiger partial charge on any atom is -0.388 e. The van der Waals surface area contributed by atoms with Gasteiger partial charge in [-0.2, -0.15) is 0 Å². The largest absolute Gasteiger partial charge is 0.388 e. The van der Waals surface area contributed by atoms with Crippen molar-refractivity contribution in [2.75, 3.05) is 0 Å².